The Balaban J connectivity index is 1.31. The average Bonchev–Trinajstić information content (AvgIpc) is 3.36. The standard InChI is InChI=1S/C43H77N3O3/c1-11-31(29(2)3)13-12-30(4)35-16-17-36-34-15-14-32-28-33(20-22-42(32,9)37(34)21-23-43(35,36)10)49-39(48)19-18-38(47)46(26-24-40(5,6)44)27-25-41(7,8)45/h14,29-31,33-37H,11-13,15-28,44-45H2,1-10H3/t30?,31?,33-,34-,35+,36-,37-,42-,43+/m0/s1. The van der Waals surface area contributed by atoms with Gasteiger partial charge >= 0.3 is 5.97 Å². The molecule has 3 saturated carbocycles. The highest BCUT2D eigenvalue weighted by Gasteiger charge is 2.59. The lowest BCUT2D eigenvalue weighted by Gasteiger charge is -2.58. The Labute approximate surface area is 301 Å². The second kappa shape index (κ2) is 16.1. The zero-order valence-corrected chi connectivity index (χ0v) is 33.5. The molecular formula is C43H77N3O3. The molecule has 3 fully saturated rings. The Morgan fingerprint density at radius 2 is 1.57 bits per heavy atom. The zero-order valence-electron chi connectivity index (χ0n) is 33.5. The van der Waals surface area contributed by atoms with E-state index in [2.05, 4.69) is 47.6 Å². The minimum absolute atomic E-state index is 0.0174. The molecule has 0 aromatic heterocycles. The van der Waals surface area contributed by atoms with E-state index in [1.165, 1.54) is 51.4 Å². The average molecular weight is 684 g/mol. The highest BCUT2D eigenvalue weighted by Crippen LogP contribution is 2.67. The van der Waals surface area contributed by atoms with Crippen molar-refractivity contribution in [3.63, 3.8) is 0 Å². The SMILES string of the molecule is CCC(CCC(C)[C@H]1CC[C@H]2[C@@H]3CC=C4C[C@@H](OC(=O)CCC(=O)N(CCC(C)(C)N)CCC(C)(C)N)CC[C@]4(C)[C@H]3CC[C@]12C)C(C)C. The second-order valence-electron chi connectivity index (χ2n) is 19.7. The minimum atomic E-state index is -0.361. The minimum Gasteiger partial charge on any atom is -0.462 e. The summed E-state index contributed by atoms with van der Waals surface area (Å²) in [6.45, 7) is 24.0. The van der Waals surface area contributed by atoms with Gasteiger partial charge in [0.15, 0.2) is 0 Å². The Morgan fingerprint density at radius 1 is 0.918 bits per heavy atom. The molecule has 0 spiro atoms. The third kappa shape index (κ3) is 9.93. The van der Waals surface area contributed by atoms with E-state index < -0.39 is 0 Å². The number of nitrogens with two attached hydrogens (primary N) is 2. The van der Waals surface area contributed by atoms with Gasteiger partial charge in [0, 0.05) is 37.0 Å². The first kappa shape index (κ1) is 40.4. The van der Waals surface area contributed by atoms with Gasteiger partial charge in [-0.25, -0.2) is 0 Å². The summed E-state index contributed by atoms with van der Waals surface area (Å²) in [7, 11) is 0. The van der Waals surface area contributed by atoms with Gasteiger partial charge in [-0.3, -0.25) is 9.59 Å². The lowest BCUT2D eigenvalue weighted by Crippen LogP contribution is -2.51. The predicted molar refractivity (Wildman–Crippen MR) is 204 cm³/mol. The van der Waals surface area contributed by atoms with E-state index in [0.29, 0.717) is 31.3 Å². The molecule has 49 heavy (non-hydrogen) atoms. The van der Waals surface area contributed by atoms with Crippen molar-refractivity contribution in [2.75, 3.05) is 13.1 Å². The van der Waals surface area contributed by atoms with Crippen molar-refractivity contribution >= 4 is 11.9 Å². The molecule has 0 radical (unpaired) electrons. The summed E-state index contributed by atoms with van der Waals surface area (Å²) < 4.78 is 6.08. The zero-order chi connectivity index (χ0) is 36.4. The second-order valence-corrected chi connectivity index (χ2v) is 19.7. The van der Waals surface area contributed by atoms with Crippen LogP contribution in [0, 0.1) is 52.3 Å². The van der Waals surface area contributed by atoms with E-state index >= 15 is 0 Å². The first-order chi connectivity index (χ1) is 22.8. The maximum atomic E-state index is 13.2. The third-order valence-corrected chi connectivity index (χ3v) is 14.5. The van der Waals surface area contributed by atoms with Gasteiger partial charge < -0.3 is 21.1 Å². The van der Waals surface area contributed by atoms with E-state index in [1.54, 1.807) is 5.57 Å². The van der Waals surface area contributed by atoms with Gasteiger partial charge in [-0.05, 0) is 144 Å². The number of carbonyl (C=O) groups excluding carboxylic acids is 2. The molecule has 0 bridgehead atoms. The molecule has 4 aliphatic rings. The van der Waals surface area contributed by atoms with Crippen molar-refractivity contribution in [3.8, 4) is 0 Å². The van der Waals surface area contributed by atoms with Gasteiger partial charge in [0.1, 0.15) is 6.10 Å². The molecular weight excluding hydrogens is 606 g/mol. The number of ether oxygens (including phenoxy) is 1. The fourth-order valence-electron chi connectivity index (χ4n) is 11.2. The van der Waals surface area contributed by atoms with Crippen LogP contribution in [0.5, 0.6) is 0 Å². The maximum absolute atomic E-state index is 13.2. The van der Waals surface area contributed by atoms with Crippen LogP contribution in [0.1, 0.15) is 166 Å². The number of esters is 1. The van der Waals surface area contributed by atoms with Crippen LogP contribution in [0.25, 0.3) is 0 Å². The number of amides is 1. The Morgan fingerprint density at radius 3 is 2.16 bits per heavy atom. The van der Waals surface area contributed by atoms with Crippen LogP contribution in [0.4, 0.5) is 0 Å². The number of allylic oxidation sites excluding steroid dienone is 1. The Hall–Kier alpha value is -1.40. The largest absolute Gasteiger partial charge is 0.462 e. The summed E-state index contributed by atoms with van der Waals surface area (Å²) in [6, 6.07) is 0. The van der Waals surface area contributed by atoms with Crippen LogP contribution in [0.3, 0.4) is 0 Å². The molecule has 4 aliphatic carbocycles. The molecule has 0 aromatic rings. The molecule has 4 rings (SSSR count). The summed E-state index contributed by atoms with van der Waals surface area (Å²) in [5.74, 6) is 5.49. The van der Waals surface area contributed by atoms with Crippen LogP contribution in [0.2, 0.25) is 0 Å². The van der Waals surface area contributed by atoms with Crippen LogP contribution in [0.15, 0.2) is 11.6 Å². The van der Waals surface area contributed by atoms with E-state index in [9.17, 15) is 9.59 Å². The predicted octanol–water partition coefficient (Wildman–Crippen LogP) is 9.44. The highest BCUT2D eigenvalue weighted by molar-refractivity contribution is 5.81. The molecule has 1 amide bonds. The topological polar surface area (TPSA) is 98.7 Å². The highest BCUT2D eigenvalue weighted by atomic mass is 16.5. The van der Waals surface area contributed by atoms with E-state index in [0.717, 1.165) is 60.7 Å². The molecule has 9 atom stereocenters. The number of hydrogen-bond acceptors (Lipinski definition) is 5. The normalized spacial score (nSPS) is 32.8. The molecule has 0 saturated heterocycles. The summed E-state index contributed by atoms with van der Waals surface area (Å²) in [5.41, 5.74) is 14.0. The Kier molecular flexibility index (Phi) is 13.3. The first-order valence-electron chi connectivity index (χ1n) is 20.5. The molecule has 4 N–H and O–H groups in total. The first-order valence-corrected chi connectivity index (χ1v) is 20.5. The number of carbonyl (C=O) groups is 2. The van der Waals surface area contributed by atoms with Gasteiger partial charge in [-0.2, -0.15) is 0 Å². The van der Waals surface area contributed by atoms with Crippen molar-refractivity contribution in [1.29, 1.82) is 0 Å². The third-order valence-electron chi connectivity index (χ3n) is 14.5. The molecule has 2 unspecified atom stereocenters. The molecule has 0 heterocycles. The summed E-state index contributed by atoms with van der Waals surface area (Å²) in [4.78, 5) is 28.1. The van der Waals surface area contributed by atoms with Crippen LogP contribution in [-0.4, -0.2) is 47.0 Å². The number of nitrogens with zero attached hydrogens (tertiary/aromatic N) is 1. The van der Waals surface area contributed by atoms with Crippen molar-refractivity contribution < 1.29 is 14.3 Å². The summed E-state index contributed by atoms with van der Waals surface area (Å²) in [6.07, 6.45) is 18.0. The van der Waals surface area contributed by atoms with Crippen LogP contribution < -0.4 is 11.5 Å². The fraction of sp³-hybridized carbons (Fsp3) is 0.907. The van der Waals surface area contributed by atoms with Gasteiger partial charge in [-0.1, -0.05) is 66.0 Å². The van der Waals surface area contributed by atoms with Crippen molar-refractivity contribution in [2.24, 2.45) is 63.7 Å². The molecule has 0 aliphatic heterocycles. The number of hydrogen-bond donors (Lipinski definition) is 2. The quantitative estimate of drug-likeness (QED) is 0.125. The lowest BCUT2D eigenvalue weighted by molar-refractivity contribution is -0.153. The summed E-state index contributed by atoms with van der Waals surface area (Å²) in [5, 5.41) is 0. The molecule has 282 valence electrons. The van der Waals surface area contributed by atoms with Crippen LogP contribution in [-0.2, 0) is 14.3 Å². The van der Waals surface area contributed by atoms with Crippen LogP contribution >= 0.6 is 0 Å². The number of fused-ring (bicyclic) bond motifs is 5. The van der Waals surface area contributed by atoms with Gasteiger partial charge in [-0.15, -0.1) is 0 Å². The van der Waals surface area contributed by atoms with E-state index in [-0.39, 0.29) is 47.3 Å². The van der Waals surface area contributed by atoms with Crippen molar-refractivity contribution in [1.82, 2.24) is 4.90 Å². The Bertz CT molecular complexity index is 1130. The van der Waals surface area contributed by atoms with E-state index in [1.807, 2.05) is 32.6 Å². The van der Waals surface area contributed by atoms with E-state index in [4.69, 9.17) is 16.2 Å². The summed E-state index contributed by atoms with van der Waals surface area (Å²) >= 11 is 0. The lowest BCUT2D eigenvalue weighted by atomic mass is 9.47. The molecule has 0 aromatic carbocycles. The fourth-order valence-corrected chi connectivity index (χ4v) is 11.2. The monoisotopic (exact) mass is 684 g/mol. The van der Waals surface area contributed by atoms with Gasteiger partial charge in [0.05, 0.1) is 6.42 Å². The maximum Gasteiger partial charge on any atom is 0.306 e. The van der Waals surface area contributed by atoms with Gasteiger partial charge in [0.2, 0.25) is 5.91 Å². The van der Waals surface area contributed by atoms with Crippen molar-refractivity contribution in [3.05, 3.63) is 11.6 Å². The smallest absolute Gasteiger partial charge is 0.306 e. The molecule has 6 nitrogen and oxygen atoms in total. The number of rotatable bonds is 16. The molecule has 6 heteroatoms. The van der Waals surface area contributed by atoms with Crippen molar-refractivity contribution in [2.45, 2.75) is 183 Å². The van der Waals surface area contributed by atoms with Gasteiger partial charge in [0.25, 0.3) is 0 Å².